The fourth-order valence-corrected chi connectivity index (χ4v) is 9.43. The first-order valence-electron chi connectivity index (χ1n) is 20.6. The van der Waals surface area contributed by atoms with Crippen molar-refractivity contribution in [1.82, 2.24) is 14.5 Å². The highest BCUT2D eigenvalue weighted by molar-refractivity contribution is 6.15. The highest BCUT2D eigenvalue weighted by Gasteiger charge is 2.20. The molecule has 0 amide bonds. The van der Waals surface area contributed by atoms with Crippen LogP contribution in [0, 0.1) is 0 Å². The minimum absolute atomic E-state index is 0.646. The number of rotatable bonds is 5. The molecule has 61 heavy (non-hydrogen) atoms. The van der Waals surface area contributed by atoms with Crippen molar-refractivity contribution in [1.29, 1.82) is 0 Å². The van der Waals surface area contributed by atoms with Gasteiger partial charge in [-0.25, -0.2) is 9.97 Å². The molecule has 5 nitrogen and oxygen atoms in total. The lowest BCUT2D eigenvalue weighted by Gasteiger charge is -2.12. The average Bonchev–Trinajstić information content (AvgIpc) is 4.01. The molecule has 0 saturated heterocycles. The lowest BCUT2D eigenvalue weighted by Crippen LogP contribution is -1.96. The minimum Gasteiger partial charge on any atom is -0.456 e. The normalized spacial score (nSPS) is 11.9. The van der Waals surface area contributed by atoms with Gasteiger partial charge in [0.1, 0.15) is 22.3 Å². The van der Waals surface area contributed by atoms with Crippen molar-refractivity contribution in [2.45, 2.75) is 0 Å². The molecule has 13 rings (SSSR count). The highest BCUT2D eigenvalue weighted by Crippen LogP contribution is 2.42. The maximum absolute atomic E-state index is 6.54. The van der Waals surface area contributed by atoms with Gasteiger partial charge in [-0.1, -0.05) is 133 Å². The van der Waals surface area contributed by atoms with Gasteiger partial charge >= 0.3 is 0 Å². The van der Waals surface area contributed by atoms with Crippen LogP contribution in [0.4, 0.5) is 0 Å². The van der Waals surface area contributed by atoms with Gasteiger partial charge in [-0.05, 0) is 83.4 Å². The van der Waals surface area contributed by atoms with Gasteiger partial charge in [0.2, 0.25) is 0 Å². The summed E-state index contributed by atoms with van der Waals surface area (Å²) in [5, 5.41) is 7.66. The van der Waals surface area contributed by atoms with Crippen LogP contribution in [0.25, 0.3) is 127 Å². The van der Waals surface area contributed by atoms with Crippen molar-refractivity contribution in [2.75, 3.05) is 0 Å². The largest absolute Gasteiger partial charge is 0.456 e. The van der Waals surface area contributed by atoms with E-state index in [9.17, 15) is 0 Å². The van der Waals surface area contributed by atoms with Gasteiger partial charge in [-0.15, -0.1) is 0 Å². The first kappa shape index (κ1) is 33.7. The molecule has 0 radical (unpaired) electrons. The predicted octanol–water partition coefficient (Wildman–Crippen LogP) is 15.2. The van der Waals surface area contributed by atoms with E-state index in [0.29, 0.717) is 5.82 Å². The van der Waals surface area contributed by atoms with Crippen molar-refractivity contribution < 1.29 is 8.83 Å². The average molecular weight is 780 g/mol. The maximum atomic E-state index is 6.54. The topological polar surface area (TPSA) is 57.0 Å². The highest BCUT2D eigenvalue weighted by atomic mass is 16.3. The van der Waals surface area contributed by atoms with Gasteiger partial charge in [0.15, 0.2) is 5.82 Å². The monoisotopic (exact) mass is 779 g/mol. The van der Waals surface area contributed by atoms with E-state index in [1.807, 2.05) is 30.3 Å². The third-order valence-corrected chi connectivity index (χ3v) is 12.2. The molecule has 0 aliphatic rings. The van der Waals surface area contributed by atoms with E-state index >= 15 is 0 Å². The second-order valence-corrected chi connectivity index (χ2v) is 15.7. The fourth-order valence-electron chi connectivity index (χ4n) is 9.43. The van der Waals surface area contributed by atoms with Crippen LogP contribution in [0.3, 0.4) is 0 Å². The first-order valence-corrected chi connectivity index (χ1v) is 20.6. The summed E-state index contributed by atoms with van der Waals surface area (Å²) in [5.74, 6) is 0.646. The Morgan fingerprint density at radius 2 is 1.02 bits per heavy atom. The number of aromatic nitrogens is 3. The van der Waals surface area contributed by atoms with E-state index in [0.717, 1.165) is 99.5 Å². The number of hydrogen-bond donors (Lipinski definition) is 0. The molecular formula is C56H33N3O2. The summed E-state index contributed by atoms with van der Waals surface area (Å²) >= 11 is 0. The zero-order valence-electron chi connectivity index (χ0n) is 32.7. The summed E-state index contributed by atoms with van der Waals surface area (Å²) in [6.45, 7) is 0. The number of benzene rings is 9. The molecule has 284 valence electrons. The standard InChI is InChI=1S/C56H33N3O2/c1-2-15-38(16-3-1)59-48-24-8-5-17-40(48)45-32-34(27-29-49(45)59)35-28-30-51-46(33-35)53-44(22-12-26-52(53)60-51)56-57-47-23-7-4-19-43(47)54(58-56)37-14-10-13-36(31-37)39-20-11-21-42-41-18-6-9-25-50(41)61-55(39)42/h1-33H. The van der Waals surface area contributed by atoms with E-state index in [-0.39, 0.29) is 0 Å². The molecule has 0 aliphatic heterocycles. The number of furan rings is 2. The van der Waals surface area contributed by atoms with E-state index in [1.165, 1.54) is 21.8 Å². The summed E-state index contributed by atoms with van der Waals surface area (Å²) in [7, 11) is 0. The van der Waals surface area contributed by atoms with E-state index < -0.39 is 0 Å². The van der Waals surface area contributed by atoms with Gasteiger partial charge in [0.25, 0.3) is 0 Å². The predicted molar refractivity (Wildman–Crippen MR) is 250 cm³/mol. The quantitative estimate of drug-likeness (QED) is 0.175. The van der Waals surface area contributed by atoms with Gasteiger partial charge in [-0.2, -0.15) is 0 Å². The third kappa shape index (κ3) is 5.21. The van der Waals surface area contributed by atoms with E-state index in [4.69, 9.17) is 18.8 Å². The number of hydrogen-bond acceptors (Lipinski definition) is 4. The van der Waals surface area contributed by atoms with Crippen LogP contribution in [-0.2, 0) is 0 Å². The Kier molecular flexibility index (Phi) is 7.24. The molecule has 9 aromatic carbocycles. The van der Waals surface area contributed by atoms with Gasteiger partial charge in [0, 0.05) is 60.1 Å². The fraction of sp³-hybridized carbons (Fsp3) is 0. The first-order chi connectivity index (χ1) is 30.2. The smallest absolute Gasteiger partial charge is 0.161 e. The van der Waals surface area contributed by atoms with E-state index in [1.54, 1.807) is 0 Å². The minimum atomic E-state index is 0.646. The Morgan fingerprint density at radius 1 is 0.361 bits per heavy atom. The zero-order chi connectivity index (χ0) is 40.0. The molecule has 5 heteroatoms. The van der Waals surface area contributed by atoms with E-state index in [2.05, 4.69) is 174 Å². The SMILES string of the molecule is c1ccc(-n2c3ccccc3c3cc(-c4ccc5oc6cccc(-c7nc(-c8cccc(-c9cccc%10c9oc9ccccc9%10)c8)c8ccccc8n7)c6c5c4)ccc32)cc1. The van der Waals surface area contributed by atoms with Crippen molar-refractivity contribution in [3.05, 3.63) is 200 Å². The van der Waals surface area contributed by atoms with Crippen LogP contribution >= 0.6 is 0 Å². The summed E-state index contributed by atoms with van der Waals surface area (Å²) in [6.07, 6.45) is 0. The van der Waals surface area contributed by atoms with Crippen LogP contribution in [0.5, 0.6) is 0 Å². The molecule has 0 fully saturated rings. The molecule has 0 N–H and O–H groups in total. The van der Waals surface area contributed by atoms with Crippen LogP contribution in [0.1, 0.15) is 0 Å². The zero-order valence-corrected chi connectivity index (χ0v) is 32.7. The van der Waals surface area contributed by atoms with Gasteiger partial charge in [0.05, 0.1) is 22.2 Å². The Balaban J connectivity index is 0.964. The van der Waals surface area contributed by atoms with Crippen LogP contribution in [-0.4, -0.2) is 14.5 Å². The summed E-state index contributed by atoms with van der Waals surface area (Å²) in [5.41, 5.74) is 14.9. The number of nitrogens with zero attached hydrogens (tertiary/aromatic N) is 3. The van der Waals surface area contributed by atoms with Crippen molar-refractivity contribution in [3.63, 3.8) is 0 Å². The lowest BCUT2D eigenvalue weighted by molar-refractivity contribution is 0.669. The van der Waals surface area contributed by atoms with Crippen molar-refractivity contribution in [3.8, 4) is 50.6 Å². The Hall–Kier alpha value is -8.28. The lowest BCUT2D eigenvalue weighted by atomic mass is 9.97. The second-order valence-electron chi connectivity index (χ2n) is 15.7. The van der Waals surface area contributed by atoms with Crippen molar-refractivity contribution in [2.24, 2.45) is 0 Å². The summed E-state index contributed by atoms with van der Waals surface area (Å²) < 4.78 is 15.3. The molecular weight excluding hydrogens is 747 g/mol. The summed E-state index contributed by atoms with van der Waals surface area (Å²) in [4.78, 5) is 10.6. The Bertz CT molecular complexity index is 3890. The molecule has 0 aliphatic carbocycles. The Morgan fingerprint density at radius 3 is 1.93 bits per heavy atom. The van der Waals surface area contributed by atoms with Gasteiger partial charge < -0.3 is 13.4 Å². The molecule has 4 heterocycles. The number of fused-ring (bicyclic) bond motifs is 10. The van der Waals surface area contributed by atoms with Crippen LogP contribution < -0.4 is 0 Å². The molecule has 0 spiro atoms. The Labute approximate surface area is 349 Å². The molecule has 13 aromatic rings. The van der Waals surface area contributed by atoms with Crippen LogP contribution in [0.2, 0.25) is 0 Å². The summed E-state index contributed by atoms with van der Waals surface area (Å²) in [6, 6.07) is 70.2. The molecule has 0 atom stereocenters. The van der Waals surface area contributed by atoms with Gasteiger partial charge in [-0.3, -0.25) is 0 Å². The maximum Gasteiger partial charge on any atom is 0.161 e. The third-order valence-electron chi connectivity index (χ3n) is 12.2. The molecule has 0 unspecified atom stereocenters. The molecule has 0 saturated carbocycles. The molecule has 0 bridgehead atoms. The van der Waals surface area contributed by atoms with Crippen molar-refractivity contribution >= 4 is 76.6 Å². The second kappa shape index (κ2) is 13.1. The molecule has 4 aromatic heterocycles. The van der Waals surface area contributed by atoms with Crippen LogP contribution in [0.15, 0.2) is 209 Å². The number of para-hydroxylation sites is 5.